The van der Waals surface area contributed by atoms with Gasteiger partial charge in [0.25, 0.3) is 10.0 Å². The molecule has 6 nitrogen and oxygen atoms in total. The Bertz CT molecular complexity index is 802. The number of sulfonamides is 1. The van der Waals surface area contributed by atoms with E-state index in [0.717, 1.165) is 10.5 Å². The molecule has 0 aliphatic carbocycles. The Hall–Kier alpha value is -2.06. The second kappa shape index (κ2) is 6.37. The summed E-state index contributed by atoms with van der Waals surface area (Å²) in [4.78, 5) is 11.0. The molecule has 22 heavy (non-hydrogen) atoms. The highest BCUT2D eigenvalue weighted by molar-refractivity contribution is 9.10. The van der Waals surface area contributed by atoms with Gasteiger partial charge >= 0.3 is 5.97 Å². The van der Waals surface area contributed by atoms with Crippen LogP contribution in [0.2, 0.25) is 0 Å². The van der Waals surface area contributed by atoms with Crippen LogP contribution >= 0.6 is 15.9 Å². The molecule has 2 N–H and O–H groups in total. The minimum atomic E-state index is -3.89. The summed E-state index contributed by atoms with van der Waals surface area (Å²) in [6, 6.07) is 10.2. The number of hydrogen-bond donors (Lipinski definition) is 2. The molecule has 2 aromatic rings. The van der Waals surface area contributed by atoms with Crippen molar-refractivity contribution in [3.8, 4) is 5.75 Å². The van der Waals surface area contributed by atoms with E-state index in [4.69, 9.17) is 9.84 Å². The number of halogens is 1. The van der Waals surface area contributed by atoms with Gasteiger partial charge in [-0.1, -0.05) is 15.9 Å². The van der Waals surface area contributed by atoms with E-state index in [1.165, 1.54) is 19.2 Å². The Morgan fingerprint density at radius 2 is 1.82 bits per heavy atom. The Kier molecular flexibility index (Phi) is 4.72. The maximum Gasteiger partial charge on any atom is 0.339 e. The Balaban J connectivity index is 2.39. The van der Waals surface area contributed by atoms with Crippen LogP contribution in [0.1, 0.15) is 10.4 Å². The molecular formula is C14H12BrNO5S. The molecule has 116 valence electrons. The number of hydrogen-bond acceptors (Lipinski definition) is 4. The molecule has 0 aliphatic heterocycles. The first-order valence-corrected chi connectivity index (χ1v) is 8.31. The van der Waals surface area contributed by atoms with Gasteiger partial charge in [-0.2, -0.15) is 0 Å². The van der Waals surface area contributed by atoms with Crippen LogP contribution in [0, 0.1) is 0 Å². The van der Waals surface area contributed by atoms with Gasteiger partial charge in [-0.3, -0.25) is 4.72 Å². The second-order valence-electron chi connectivity index (χ2n) is 4.28. The maximum absolute atomic E-state index is 12.3. The molecule has 0 aliphatic rings. The Labute approximate surface area is 135 Å². The molecule has 8 heteroatoms. The lowest BCUT2D eigenvalue weighted by molar-refractivity contribution is 0.0693. The molecule has 2 rings (SSSR count). The zero-order valence-electron chi connectivity index (χ0n) is 11.4. The van der Waals surface area contributed by atoms with Crippen molar-refractivity contribution in [2.45, 2.75) is 4.90 Å². The largest absolute Gasteiger partial charge is 0.496 e. The molecule has 0 amide bonds. The van der Waals surface area contributed by atoms with Crippen LogP contribution in [-0.2, 0) is 10.0 Å². The van der Waals surface area contributed by atoms with E-state index in [2.05, 4.69) is 20.7 Å². The summed E-state index contributed by atoms with van der Waals surface area (Å²) >= 11 is 3.25. The zero-order chi connectivity index (χ0) is 16.3. The Morgan fingerprint density at radius 1 is 1.18 bits per heavy atom. The van der Waals surface area contributed by atoms with Crippen molar-refractivity contribution in [1.29, 1.82) is 0 Å². The lowest BCUT2D eigenvalue weighted by atomic mass is 10.2. The molecule has 0 saturated carbocycles. The molecule has 0 spiro atoms. The molecule has 2 aromatic carbocycles. The van der Waals surface area contributed by atoms with Gasteiger partial charge in [0.15, 0.2) is 0 Å². The minimum absolute atomic E-state index is 0.0927. The number of rotatable bonds is 5. The van der Waals surface area contributed by atoms with E-state index in [0.29, 0.717) is 5.69 Å². The number of carboxylic acids is 1. The topological polar surface area (TPSA) is 92.7 Å². The average Bonchev–Trinajstić information content (AvgIpc) is 2.48. The van der Waals surface area contributed by atoms with Gasteiger partial charge in [0.2, 0.25) is 0 Å². The van der Waals surface area contributed by atoms with Crippen molar-refractivity contribution in [3.63, 3.8) is 0 Å². The van der Waals surface area contributed by atoms with Gasteiger partial charge in [-0.05, 0) is 42.5 Å². The van der Waals surface area contributed by atoms with Gasteiger partial charge in [0, 0.05) is 10.2 Å². The smallest absolute Gasteiger partial charge is 0.339 e. The predicted octanol–water partition coefficient (Wildman–Crippen LogP) is 2.96. The van der Waals surface area contributed by atoms with Crippen LogP contribution in [0.4, 0.5) is 5.69 Å². The number of ether oxygens (including phenoxy) is 1. The van der Waals surface area contributed by atoms with Crippen LogP contribution in [0.15, 0.2) is 51.8 Å². The number of aromatic carboxylic acids is 1. The van der Waals surface area contributed by atoms with E-state index < -0.39 is 16.0 Å². The molecule has 0 saturated heterocycles. The first-order chi connectivity index (χ1) is 10.3. The SMILES string of the molecule is COc1ccc(S(=O)(=O)Nc2ccc(Br)cc2)cc1C(=O)O. The molecule has 0 bridgehead atoms. The molecule has 0 aromatic heterocycles. The molecule has 0 radical (unpaired) electrons. The van der Waals surface area contributed by atoms with Crippen molar-refractivity contribution >= 4 is 37.6 Å². The molecule has 0 heterocycles. The number of nitrogens with one attached hydrogen (secondary N) is 1. The molecular weight excluding hydrogens is 374 g/mol. The van der Waals surface area contributed by atoms with Crippen LogP contribution < -0.4 is 9.46 Å². The van der Waals surface area contributed by atoms with Gasteiger partial charge in [0.05, 0.1) is 12.0 Å². The van der Waals surface area contributed by atoms with E-state index >= 15 is 0 Å². The van der Waals surface area contributed by atoms with Crippen molar-refractivity contribution in [2.75, 3.05) is 11.8 Å². The molecule has 0 fully saturated rings. The van der Waals surface area contributed by atoms with Crippen LogP contribution in [-0.4, -0.2) is 26.6 Å². The van der Waals surface area contributed by atoms with Crippen molar-refractivity contribution in [3.05, 3.63) is 52.5 Å². The highest BCUT2D eigenvalue weighted by atomic mass is 79.9. The predicted molar refractivity (Wildman–Crippen MR) is 84.9 cm³/mol. The van der Waals surface area contributed by atoms with Crippen molar-refractivity contribution in [2.24, 2.45) is 0 Å². The van der Waals surface area contributed by atoms with E-state index in [-0.39, 0.29) is 16.2 Å². The van der Waals surface area contributed by atoms with Crippen molar-refractivity contribution in [1.82, 2.24) is 0 Å². The normalized spacial score (nSPS) is 11.0. The summed E-state index contributed by atoms with van der Waals surface area (Å²) in [7, 11) is -2.58. The quantitative estimate of drug-likeness (QED) is 0.824. The van der Waals surface area contributed by atoms with Crippen LogP contribution in [0.25, 0.3) is 0 Å². The fourth-order valence-corrected chi connectivity index (χ4v) is 3.10. The highest BCUT2D eigenvalue weighted by Crippen LogP contribution is 2.24. The van der Waals surface area contributed by atoms with Gasteiger partial charge in [-0.15, -0.1) is 0 Å². The van der Waals surface area contributed by atoms with E-state index in [1.807, 2.05) is 0 Å². The zero-order valence-corrected chi connectivity index (χ0v) is 13.8. The average molecular weight is 386 g/mol. The highest BCUT2D eigenvalue weighted by Gasteiger charge is 2.19. The summed E-state index contributed by atoms with van der Waals surface area (Å²) in [6.45, 7) is 0. The lowest BCUT2D eigenvalue weighted by Crippen LogP contribution is -2.14. The van der Waals surface area contributed by atoms with Crippen LogP contribution in [0.5, 0.6) is 5.75 Å². The standard InChI is InChI=1S/C14H12BrNO5S/c1-21-13-7-6-11(8-12(13)14(17)18)22(19,20)16-10-4-2-9(15)3-5-10/h2-8,16H,1H3,(H,17,18). The van der Waals surface area contributed by atoms with E-state index in [1.54, 1.807) is 24.3 Å². The van der Waals surface area contributed by atoms with Gasteiger partial charge in [0.1, 0.15) is 11.3 Å². The number of anilines is 1. The lowest BCUT2D eigenvalue weighted by Gasteiger charge is -2.10. The molecule has 0 atom stereocenters. The first kappa shape index (κ1) is 16.3. The second-order valence-corrected chi connectivity index (χ2v) is 6.88. The number of methoxy groups -OCH3 is 1. The number of carbonyl (C=O) groups is 1. The summed E-state index contributed by atoms with van der Waals surface area (Å²) < 4.78 is 32.7. The number of benzene rings is 2. The maximum atomic E-state index is 12.3. The summed E-state index contributed by atoms with van der Waals surface area (Å²) in [5.41, 5.74) is 0.150. The number of carboxylic acid groups (broad SMARTS) is 1. The fourth-order valence-electron chi connectivity index (χ4n) is 1.75. The third-order valence-corrected chi connectivity index (χ3v) is 4.72. The van der Waals surface area contributed by atoms with Crippen molar-refractivity contribution < 1.29 is 23.1 Å². The van der Waals surface area contributed by atoms with E-state index in [9.17, 15) is 13.2 Å². The van der Waals surface area contributed by atoms with Gasteiger partial charge in [-0.25, -0.2) is 13.2 Å². The summed E-state index contributed by atoms with van der Waals surface area (Å²) in [6.07, 6.45) is 0. The first-order valence-electron chi connectivity index (χ1n) is 6.03. The third-order valence-electron chi connectivity index (χ3n) is 2.81. The minimum Gasteiger partial charge on any atom is -0.496 e. The fraction of sp³-hybridized carbons (Fsp3) is 0.0714. The monoisotopic (exact) mass is 385 g/mol. The molecule has 0 unspecified atom stereocenters. The van der Waals surface area contributed by atoms with Crippen LogP contribution in [0.3, 0.4) is 0 Å². The summed E-state index contributed by atoms with van der Waals surface area (Å²) in [5, 5.41) is 9.11. The third kappa shape index (κ3) is 3.58. The summed E-state index contributed by atoms with van der Waals surface area (Å²) in [5.74, 6) is -1.17. The Morgan fingerprint density at radius 3 is 2.36 bits per heavy atom. The van der Waals surface area contributed by atoms with Gasteiger partial charge < -0.3 is 9.84 Å².